The Balaban J connectivity index is 1.91. The monoisotopic (exact) mass is 539 g/mol. The number of nitrogens with zero attached hydrogens (tertiary/aromatic N) is 1. The van der Waals surface area contributed by atoms with E-state index in [1.165, 1.54) is 0 Å². The quantitative estimate of drug-likeness (QED) is 0.332. The van der Waals surface area contributed by atoms with Crippen molar-refractivity contribution >= 4 is 6.03 Å². The van der Waals surface area contributed by atoms with Crippen LogP contribution in [-0.2, 0) is 24.3 Å². The number of pyridine rings is 1. The molecule has 202 valence electrons. The molecule has 1 saturated carbocycles. The maximum Gasteiger partial charge on any atom is 0.417 e. The van der Waals surface area contributed by atoms with Crippen molar-refractivity contribution in [3.05, 3.63) is 101 Å². The van der Waals surface area contributed by atoms with Gasteiger partial charge in [-0.25, -0.2) is 9.18 Å². The van der Waals surface area contributed by atoms with Crippen LogP contribution in [0.2, 0.25) is 0 Å². The summed E-state index contributed by atoms with van der Waals surface area (Å²) in [4.78, 5) is 17.1. The van der Waals surface area contributed by atoms with E-state index in [0.29, 0.717) is 36.7 Å². The van der Waals surface area contributed by atoms with Crippen LogP contribution in [0.5, 0.6) is 0 Å². The molecule has 1 atom stereocenters. The number of carbonyl (C=O) groups is 1. The number of nitrogens with one attached hydrogen (secondary N) is 2. The summed E-state index contributed by atoms with van der Waals surface area (Å²) in [5, 5.41) is 5.46. The van der Waals surface area contributed by atoms with Gasteiger partial charge in [0.25, 0.3) is 0 Å². The minimum atomic E-state index is -4.92. The van der Waals surface area contributed by atoms with Crippen molar-refractivity contribution in [2.24, 2.45) is 0 Å². The molecule has 0 saturated heterocycles. The summed E-state index contributed by atoms with van der Waals surface area (Å²) in [6.07, 6.45) is -6.14. The van der Waals surface area contributed by atoms with Gasteiger partial charge in [0.15, 0.2) is 0 Å². The molecule has 0 bridgehead atoms. The number of carbonyl (C=O) groups excluding carboxylic acids is 1. The Bertz CT molecular complexity index is 1250. The smallest absolute Gasteiger partial charge is 0.335 e. The maximum absolute atomic E-state index is 14.6. The summed E-state index contributed by atoms with van der Waals surface area (Å²) in [7, 11) is 0. The third kappa shape index (κ3) is 6.25. The fourth-order valence-electron chi connectivity index (χ4n) is 4.72. The van der Waals surface area contributed by atoms with E-state index in [1.54, 1.807) is 30.3 Å². The van der Waals surface area contributed by atoms with Crippen LogP contribution in [0.3, 0.4) is 0 Å². The zero-order valence-corrected chi connectivity index (χ0v) is 20.0. The Morgan fingerprint density at radius 2 is 1.47 bits per heavy atom. The van der Waals surface area contributed by atoms with Crippen LogP contribution in [0.4, 0.5) is 35.5 Å². The van der Waals surface area contributed by atoms with Crippen molar-refractivity contribution in [2.75, 3.05) is 0 Å². The third-order valence-corrected chi connectivity index (χ3v) is 6.58. The summed E-state index contributed by atoms with van der Waals surface area (Å²) in [6.45, 7) is 0. The molecule has 2 N–H and O–H groups in total. The van der Waals surface area contributed by atoms with E-state index >= 15 is 0 Å². The maximum atomic E-state index is 14.6. The van der Waals surface area contributed by atoms with Gasteiger partial charge in [-0.1, -0.05) is 43.2 Å². The van der Waals surface area contributed by atoms with Crippen molar-refractivity contribution < 1.29 is 35.5 Å². The third-order valence-electron chi connectivity index (χ3n) is 6.58. The van der Waals surface area contributed by atoms with Crippen LogP contribution in [0.15, 0.2) is 66.9 Å². The molecule has 3 aromatic rings. The highest BCUT2D eigenvalue weighted by Crippen LogP contribution is 2.38. The van der Waals surface area contributed by atoms with E-state index in [1.807, 2.05) is 0 Å². The van der Waals surface area contributed by atoms with Crippen molar-refractivity contribution in [2.45, 2.75) is 56.0 Å². The average molecular weight is 539 g/mol. The first-order chi connectivity index (χ1) is 17.9. The number of amides is 2. The molecule has 2 aromatic carbocycles. The Morgan fingerprint density at radius 1 is 0.842 bits per heavy atom. The van der Waals surface area contributed by atoms with E-state index in [0.717, 1.165) is 31.0 Å². The lowest BCUT2D eigenvalue weighted by atomic mass is 9.79. The van der Waals surface area contributed by atoms with E-state index in [2.05, 4.69) is 15.6 Å². The van der Waals surface area contributed by atoms with Crippen LogP contribution in [0.25, 0.3) is 0 Å². The molecule has 0 radical (unpaired) electrons. The summed E-state index contributed by atoms with van der Waals surface area (Å²) in [6, 6.07) is 10.9. The first-order valence-electron chi connectivity index (χ1n) is 11.9. The van der Waals surface area contributed by atoms with Gasteiger partial charge in [-0.15, -0.1) is 0 Å². The number of aromatic nitrogens is 1. The standard InChI is InChI=1S/C27H24F7N3O/c28-21-13-19(12-20(14-21)27(32,33)34)25(15-17-6-2-1-3-7-17,37-24(38)36-22-8-4-5-9-22)23-11-10-18(16-35-23)26(29,30)31/h1-3,6-7,10-14,16,22H,4-5,8-9,15H2,(H2,36,37,38). The van der Waals surface area contributed by atoms with Crippen LogP contribution < -0.4 is 10.6 Å². The lowest BCUT2D eigenvalue weighted by molar-refractivity contribution is -0.138. The van der Waals surface area contributed by atoms with E-state index in [4.69, 9.17) is 0 Å². The van der Waals surface area contributed by atoms with Gasteiger partial charge >= 0.3 is 18.4 Å². The topological polar surface area (TPSA) is 54.0 Å². The van der Waals surface area contributed by atoms with E-state index in [9.17, 15) is 35.5 Å². The summed E-state index contributed by atoms with van der Waals surface area (Å²) >= 11 is 0. The van der Waals surface area contributed by atoms with Gasteiger partial charge in [-0.3, -0.25) is 4.98 Å². The van der Waals surface area contributed by atoms with Crippen molar-refractivity contribution in [1.29, 1.82) is 0 Å². The number of hydrogen-bond acceptors (Lipinski definition) is 2. The molecule has 1 aromatic heterocycles. The molecule has 4 rings (SSSR count). The molecule has 38 heavy (non-hydrogen) atoms. The summed E-state index contributed by atoms with van der Waals surface area (Å²) in [5.74, 6) is -1.22. The minimum Gasteiger partial charge on any atom is -0.335 e. The van der Waals surface area contributed by atoms with Crippen molar-refractivity contribution in [3.63, 3.8) is 0 Å². The molecule has 11 heteroatoms. The van der Waals surface area contributed by atoms with Gasteiger partial charge in [0.05, 0.1) is 16.8 Å². The highest BCUT2D eigenvalue weighted by molar-refractivity contribution is 5.76. The zero-order chi connectivity index (χ0) is 27.6. The Morgan fingerprint density at radius 3 is 2.05 bits per heavy atom. The van der Waals surface area contributed by atoms with Gasteiger partial charge in [-0.2, -0.15) is 26.3 Å². The molecule has 0 spiro atoms. The zero-order valence-electron chi connectivity index (χ0n) is 20.0. The molecule has 4 nitrogen and oxygen atoms in total. The SMILES string of the molecule is O=C(NC1CCCC1)NC(Cc1ccccc1)(c1cc(F)cc(C(F)(F)F)c1)c1ccc(C(F)(F)F)cn1. The molecule has 1 aliphatic carbocycles. The second kappa shape index (κ2) is 10.6. The lowest BCUT2D eigenvalue weighted by Crippen LogP contribution is -2.54. The summed E-state index contributed by atoms with van der Waals surface area (Å²) in [5.41, 5.74) is -4.32. The predicted octanol–water partition coefficient (Wildman–Crippen LogP) is 6.99. The number of benzene rings is 2. The first-order valence-corrected chi connectivity index (χ1v) is 11.9. The normalized spacial score (nSPS) is 16.2. The highest BCUT2D eigenvalue weighted by Gasteiger charge is 2.42. The van der Waals surface area contributed by atoms with Gasteiger partial charge in [0, 0.05) is 18.7 Å². The fourth-order valence-corrected chi connectivity index (χ4v) is 4.72. The number of hydrogen-bond donors (Lipinski definition) is 2. The molecular formula is C27H24F7N3O. The second-order valence-electron chi connectivity index (χ2n) is 9.30. The Hall–Kier alpha value is -3.63. The molecule has 1 heterocycles. The molecular weight excluding hydrogens is 515 g/mol. The van der Waals surface area contributed by atoms with E-state index < -0.39 is 40.9 Å². The van der Waals surface area contributed by atoms with E-state index in [-0.39, 0.29) is 23.7 Å². The van der Waals surface area contributed by atoms with Gasteiger partial charge < -0.3 is 10.6 Å². The van der Waals surface area contributed by atoms with Crippen LogP contribution >= 0.6 is 0 Å². The number of alkyl halides is 6. The largest absolute Gasteiger partial charge is 0.417 e. The van der Waals surface area contributed by atoms with Gasteiger partial charge in [0.2, 0.25) is 0 Å². The summed E-state index contributed by atoms with van der Waals surface area (Å²) < 4.78 is 95.5. The first kappa shape index (κ1) is 27.4. The average Bonchev–Trinajstić information content (AvgIpc) is 3.36. The minimum absolute atomic E-state index is 0.178. The second-order valence-corrected chi connectivity index (χ2v) is 9.30. The number of rotatable bonds is 6. The van der Waals surface area contributed by atoms with Crippen LogP contribution in [0, 0.1) is 5.82 Å². The molecule has 1 aliphatic rings. The highest BCUT2D eigenvalue weighted by atomic mass is 19.4. The van der Waals surface area contributed by atoms with Crippen LogP contribution in [-0.4, -0.2) is 17.1 Å². The molecule has 1 fully saturated rings. The van der Waals surface area contributed by atoms with Crippen molar-refractivity contribution in [3.8, 4) is 0 Å². The van der Waals surface area contributed by atoms with Crippen molar-refractivity contribution in [1.82, 2.24) is 15.6 Å². The molecule has 0 aliphatic heterocycles. The molecule has 2 amide bonds. The lowest BCUT2D eigenvalue weighted by Gasteiger charge is -2.36. The number of halogens is 7. The fraction of sp³-hybridized carbons (Fsp3) is 0.333. The molecule has 1 unspecified atom stereocenters. The Kier molecular flexibility index (Phi) is 7.66. The van der Waals surface area contributed by atoms with Gasteiger partial charge in [0.1, 0.15) is 11.4 Å². The predicted molar refractivity (Wildman–Crippen MR) is 125 cm³/mol. The Labute approximate surface area is 214 Å². The van der Waals surface area contributed by atoms with Gasteiger partial charge in [-0.05, 0) is 54.3 Å². The number of urea groups is 1. The van der Waals surface area contributed by atoms with Crippen LogP contribution in [0.1, 0.15) is 53.6 Å².